The van der Waals surface area contributed by atoms with Gasteiger partial charge in [-0.1, -0.05) is 12.1 Å². The third-order valence-corrected chi connectivity index (χ3v) is 8.32. The average Bonchev–Trinajstić information content (AvgIpc) is 2.79. The number of piperazine rings is 1. The van der Waals surface area contributed by atoms with Gasteiger partial charge in [0.25, 0.3) is 10.0 Å². The van der Waals surface area contributed by atoms with E-state index in [1.807, 2.05) is 4.90 Å². The van der Waals surface area contributed by atoms with Crippen LogP contribution in [0.15, 0.2) is 58.3 Å². The van der Waals surface area contributed by atoms with Gasteiger partial charge in [-0.25, -0.2) is 25.9 Å². The lowest BCUT2D eigenvalue weighted by Crippen LogP contribution is -2.48. The predicted molar refractivity (Wildman–Crippen MR) is 121 cm³/mol. The van der Waals surface area contributed by atoms with Crippen LogP contribution in [0.3, 0.4) is 0 Å². The molecule has 10 nitrogen and oxygen atoms in total. The van der Waals surface area contributed by atoms with Crippen molar-refractivity contribution < 1.29 is 26.4 Å². The average molecular weight is 483 g/mol. The van der Waals surface area contributed by atoms with E-state index in [2.05, 4.69) is 4.72 Å². The molecule has 1 heterocycles. The van der Waals surface area contributed by atoms with Gasteiger partial charge in [-0.15, -0.1) is 0 Å². The molecule has 0 bridgehead atoms. The number of para-hydroxylation sites is 2. The first-order valence-electron chi connectivity index (χ1n) is 9.78. The summed E-state index contributed by atoms with van der Waals surface area (Å²) in [5.74, 6) is 0. The Labute approximate surface area is 188 Å². The van der Waals surface area contributed by atoms with Crippen LogP contribution in [-0.2, 0) is 24.8 Å². The molecule has 2 aromatic carbocycles. The quantitative estimate of drug-likeness (QED) is 0.665. The molecule has 0 aliphatic carbocycles. The number of ether oxygens (including phenoxy) is 1. The smallest absolute Gasteiger partial charge is 0.409 e. The van der Waals surface area contributed by atoms with Crippen molar-refractivity contribution in [1.82, 2.24) is 9.21 Å². The Hall–Kier alpha value is -2.83. The van der Waals surface area contributed by atoms with Crippen molar-refractivity contribution in [3.63, 3.8) is 0 Å². The van der Waals surface area contributed by atoms with Gasteiger partial charge < -0.3 is 14.5 Å². The van der Waals surface area contributed by atoms with Crippen molar-refractivity contribution in [3.05, 3.63) is 48.5 Å². The molecule has 1 aliphatic rings. The Morgan fingerprint density at radius 3 is 2.03 bits per heavy atom. The fourth-order valence-corrected chi connectivity index (χ4v) is 5.28. The van der Waals surface area contributed by atoms with Gasteiger partial charge in [0.1, 0.15) is 0 Å². The fourth-order valence-electron chi connectivity index (χ4n) is 3.30. The number of hydrogen-bond acceptors (Lipinski definition) is 7. The second-order valence-corrected chi connectivity index (χ2v) is 11.2. The maximum atomic E-state index is 13.0. The van der Waals surface area contributed by atoms with E-state index >= 15 is 0 Å². The van der Waals surface area contributed by atoms with Gasteiger partial charge >= 0.3 is 6.09 Å². The summed E-state index contributed by atoms with van der Waals surface area (Å²) in [5, 5.41) is 0. The molecule has 1 amide bonds. The predicted octanol–water partition coefficient (Wildman–Crippen LogP) is 1.63. The molecule has 1 fully saturated rings. The molecule has 0 aromatic heterocycles. The normalized spacial score (nSPS) is 15.0. The van der Waals surface area contributed by atoms with Crippen LogP contribution in [0, 0.1) is 0 Å². The van der Waals surface area contributed by atoms with Crippen LogP contribution in [-0.4, -0.2) is 79.5 Å². The van der Waals surface area contributed by atoms with Crippen molar-refractivity contribution in [3.8, 4) is 0 Å². The number of sulfonamides is 2. The highest BCUT2D eigenvalue weighted by Gasteiger charge is 2.25. The summed E-state index contributed by atoms with van der Waals surface area (Å²) >= 11 is 0. The zero-order chi connectivity index (χ0) is 23.5. The Kier molecular flexibility index (Phi) is 6.96. The van der Waals surface area contributed by atoms with Crippen molar-refractivity contribution in [2.45, 2.75) is 9.79 Å². The molecule has 0 spiro atoms. The number of nitrogens with one attached hydrogen (secondary N) is 1. The molecule has 12 heteroatoms. The highest BCUT2D eigenvalue weighted by atomic mass is 32.2. The van der Waals surface area contributed by atoms with Gasteiger partial charge in [0.2, 0.25) is 10.0 Å². The lowest BCUT2D eigenvalue weighted by atomic mass is 10.2. The van der Waals surface area contributed by atoms with E-state index in [0.29, 0.717) is 37.6 Å². The van der Waals surface area contributed by atoms with Gasteiger partial charge in [0.15, 0.2) is 0 Å². The lowest BCUT2D eigenvalue weighted by molar-refractivity contribution is 0.121. The topological polar surface area (TPSA) is 116 Å². The summed E-state index contributed by atoms with van der Waals surface area (Å²) in [7, 11) is -3.47. The molecule has 1 aliphatic heterocycles. The monoisotopic (exact) mass is 482 g/mol. The SMILES string of the molecule is COC(=O)N1CCN(c2ccccc2NS(=O)(=O)c2ccc(S(=O)(=O)N(C)C)cc2)CC1. The van der Waals surface area contributed by atoms with Crippen LogP contribution < -0.4 is 9.62 Å². The van der Waals surface area contributed by atoms with E-state index in [9.17, 15) is 21.6 Å². The number of rotatable bonds is 6. The summed E-state index contributed by atoms with van der Waals surface area (Å²) in [6.45, 7) is 1.95. The molecule has 32 heavy (non-hydrogen) atoms. The molecule has 0 saturated carbocycles. The third kappa shape index (κ3) is 4.97. The fraction of sp³-hybridized carbons (Fsp3) is 0.350. The lowest BCUT2D eigenvalue weighted by Gasteiger charge is -2.36. The minimum absolute atomic E-state index is 0.00493. The number of nitrogens with zero attached hydrogens (tertiary/aromatic N) is 3. The molecule has 2 aromatic rings. The van der Waals surface area contributed by atoms with E-state index in [1.165, 1.54) is 45.5 Å². The molecule has 0 atom stereocenters. The van der Waals surface area contributed by atoms with Gasteiger partial charge in [-0.3, -0.25) is 4.72 Å². The van der Waals surface area contributed by atoms with E-state index in [4.69, 9.17) is 4.74 Å². The van der Waals surface area contributed by atoms with Crippen LogP contribution in [0.1, 0.15) is 0 Å². The first-order valence-corrected chi connectivity index (χ1v) is 12.7. The van der Waals surface area contributed by atoms with E-state index in [-0.39, 0.29) is 9.79 Å². The number of methoxy groups -OCH3 is 1. The van der Waals surface area contributed by atoms with E-state index in [1.54, 1.807) is 29.2 Å². The van der Waals surface area contributed by atoms with Gasteiger partial charge in [-0.05, 0) is 36.4 Å². The summed E-state index contributed by atoms with van der Waals surface area (Å²) in [5.41, 5.74) is 1.08. The Morgan fingerprint density at radius 1 is 0.906 bits per heavy atom. The van der Waals surface area contributed by atoms with Crippen LogP contribution in [0.4, 0.5) is 16.2 Å². The van der Waals surface area contributed by atoms with Crippen molar-refractivity contribution in [2.24, 2.45) is 0 Å². The standard InChI is InChI=1S/C20H26N4O6S2/c1-22(2)32(28,29)17-10-8-16(9-11-17)31(26,27)21-18-6-4-5-7-19(18)23-12-14-24(15-13-23)20(25)30-3/h4-11,21H,12-15H2,1-3H3. The number of hydrogen-bond donors (Lipinski definition) is 1. The summed E-state index contributed by atoms with van der Waals surface area (Å²) in [4.78, 5) is 15.2. The Bertz CT molecular complexity index is 1170. The zero-order valence-electron chi connectivity index (χ0n) is 18.1. The minimum atomic E-state index is -3.95. The van der Waals surface area contributed by atoms with Gasteiger partial charge in [-0.2, -0.15) is 0 Å². The maximum Gasteiger partial charge on any atom is 0.409 e. The highest BCUT2D eigenvalue weighted by molar-refractivity contribution is 7.92. The number of anilines is 2. The molecule has 1 N–H and O–H groups in total. The third-order valence-electron chi connectivity index (χ3n) is 5.11. The minimum Gasteiger partial charge on any atom is -0.453 e. The van der Waals surface area contributed by atoms with Crippen LogP contribution >= 0.6 is 0 Å². The summed E-state index contributed by atoms with van der Waals surface area (Å²) in [6, 6.07) is 12.0. The molecule has 0 radical (unpaired) electrons. The zero-order valence-corrected chi connectivity index (χ0v) is 19.7. The number of amides is 1. The Morgan fingerprint density at radius 2 is 1.47 bits per heavy atom. The Balaban J connectivity index is 1.80. The van der Waals surface area contributed by atoms with Gasteiger partial charge in [0.05, 0.1) is 28.3 Å². The van der Waals surface area contributed by atoms with Crippen molar-refractivity contribution >= 4 is 37.5 Å². The first-order chi connectivity index (χ1) is 15.1. The molecule has 0 unspecified atom stereocenters. The van der Waals surface area contributed by atoms with E-state index in [0.717, 1.165) is 4.31 Å². The molecular formula is C20H26N4O6S2. The second-order valence-electron chi connectivity index (χ2n) is 7.33. The van der Waals surface area contributed by atoms with Crippen LogP contribution in [0.5, 0.6) is 0 Å². The maximum absolute atomic E-state index is 13.0. The van der Waals surface area contributed by atoms with Gasteiger partial charge in [0, 0.05) is 40.3 Å². The van der Waals surface area contributed by atoms with Crippen LogP contribution in [0.2, 0.25) is 0 Å². The molecule has 1 saturated heterocycles. The summed E-state index contributed by atoms with van der Waals surface area (Å²) in [6.07, 6.45) is -0.390. The van der Waals surface area contributed by atoms with E-state index < -0.39 is 26.1 Å². The number of benzene rings is 2. The summed E-state index contributed by atoms with van der Waals surface area (Å²) < 4.78 is 58.7. The molecule has 3 rings (SSSR count). The highest BCUT2D eigenvalue weighted by Crippen LogP contribution is 2.29. The molecular weight excluding hydrogens is 456 g/mol. The molecule has 174 valence electrons. The van der Waals surface area contributed by atoms with Crippen molar-refractivity contribution in [1.29, 1.82) is 0 Å². The largest absolute Gasteiger partial charge is 0.453 e. The second kappa shape index (κ2) is 9.35. The van der Waals surface area contributed by atoms with Crippen molar-refractivity contribution in [2.75, 3.05) is 57.0 Å². The first kappa shape index (κ1) is 23.8. The number of carbonyl (C=O) groups excluding carboxylic acids is 1. The number of carbonyl (C=O) groups is 1. The van der Waals surface area contributed by atoms with Crippen LogP contribution in [0.25, 0.3) is 0 Å².